The molecule has 0 unspecified atom stereocenters. The number of para-hydroxylation sites is 1. The van der Waals surface area contributed by atoms with Crippen LogP contribution in [-0.2, 0) is 11.3 Å². The van der Waals surface area contributed by atoms with Crippen LogP contribution in [-0.4, -0.2) is 33.3 Å². The number of aryl methyl sites for hydroxylation is 1. The molecule has 2 aromatic rings. The highest BCUT2D eigenvalue weighted by Gasteiger charge is 2.28. The Morgan fingerprint density at radius 3 is 3.00 bits per heavy atom. The summed E-state index contributed by atoms with van der Waals surface area (Å²) < 4.78 is 12.2. The standard InChI is InChI=1S/C14H14N4O5/c19-14(15-10-4-2-1-3-5-10)22-9-11-6-7-17-8-12(18(20)21)16-13(17)23-11/h1-5,8,11H,6-7,9H2,(H,15,19)/t11-/m1/s1. The monoisotopic (exact) mass is 318 g/mol. The number of fused-ring (bicyclic) bond motifs is 1. The largest absolute Gasteiger partial charge is 0.445 e. The number of aromatic nitrogens is 2. The lowest BCUT2D eigenvalue weighted by Crippen LogP contribution is -2.32. The maximum Gasteiger partial charge on any atom is 0.414 e. The van der Waals surface area contributed by atoms with E-state index in [1.54, 1.807) is 28.8 Å². The van der Waals surface area contributed by atoms with Gasteiger partial charge in [-0.1, -0.05) is 18.2 Å². The second-order valence-electron chi connectivity index (χ2n) is 4.95. The van der Waals surface area contributed by atoms with Crippen molar-refractivity contribution in [1.82, 2.24) is 9.55 Å². The first-order valence-corrected chi connectivity index (χ1v) is 6.99. The molecule has 120 valence electrons. The van der Waals surface area contributed by atoms with Gasteiger partial charge in [0.25, 0.3) is 0 Å². The summed E-state index contributed by atoms with van der Waals surface area (Å²) in [4.78, 5) is 25.6. The molecule has 1 aromatic heterocycles. The smallest absolute Gasteiger partial charge is 0.414 e. The van der Waals surface area contributed by atoms with Gasteiger partial charge in [-0.2, -0.15) is 0 Å². The molecule has 1 N–H and O–H groups in total. The van der Waals surface area contributed by atoms with Gasteiger partial charge in [0.2, 0.25) is 0 Å². The highest BCUT2D eigenvalue weighted by Crippen LogP contribution is 2.24. The van der Waals surface area contributed by atoms with Crippen LogP contribution in [0.3, 0.4) is 0 Å². The number of amides is 1. The minimum atomic E-state index is -0.584. The molecule has 0 aliphatic carbocycles. The van der Waals surface area contributed by atoms with Gasteiger partial charge in [-0.25, -0.2) is 4.79 Å². The molecule has 1 atom stereocenters. The number of nitrogens with zero attached hydrogens (tertiary/aromatic N) is 3. The summed E-state index contributed by atoms with van der Waals surface area (Å²) in [5.74, 6) is -0.261. The fourth-order valence-corrected chi connectivity index (χ4v) is 2.18. The van der Waals surface area contributed by atoms with Crippen LogP contribution in [0.5, 0.6) is 6.01 Å². The first kappa shape index (κ1) is 14.8. The Balaban J connectivity index is 1.51. The van der Waals surface area contributed by atoms with Gasteiger partial charge >= 0.3 is 17.9 Å². The van der Waals surface area contributed by atoms with Crippen LogP contribution in [0.1, 0.15) is 6.42 Å². The van der Waals surface area contributed by atoms with E-state index in [0.717, 1.165) is 0 Å². The molecular weight excluding hydrogens is 304 g/mol. The van der Waals surface area contributed by atoms with E-state index in [1.807, 2.05) is 6.07 Å². The van der Waals surface area contributed by atoms with Crippen LogP contribution >= 0.6 is 0 Å². The molecule has 2 heterocycles. The molecule has 1 amide bonds. The zero-order valence-electron chi connectivity index (χ0n) is 12.0. The van der Waals surface area contributed by atoms with E-state index < -0.39 is 11.0 Å². The fourth-order valence-electron chi connectivity index (χ4n) is 2.18. The number of carbonyl (C=O) groups is 1. The predicted octanol–water partition coefficient (Wildman–Crippen LogP) is 2.19. The van der Waals surface area contributed by atoms with E-state index in [1.165, 1.54) is 6.20 Å². The topological polar surface area (TPSA) is 109 Å². The molecule has 23 heavy (non-hydrogen) atoms. The number of imidazole rings is 1. The third-order valence-electron chi connectivity index (χ3n) is 3.30. The average molecular weight is 318 g/mol. The molecular formula is C14H14N4O5. The Morgan fingerprint density at radius 2 is 2.26 bits per heavy atom. The molecule has 0 radical (unpaired) electrons. The highest BCUT2D eigenvalue weighted by molar-refractivity contribution is 5.84. The van der Waals surface area contributed by atoms with Crippen molar-refractivity contribution in [2.45, 2.75) is 19.1 Å². The van der Waals surface area contributed by atoms with Gasteiger partial charge in [-0.3, -0.25) is 9.88 Å². The van der Waals surface area contributed by atoms with Gasteiger partial charge in [0.05, 0.1) is 0 Å². The van der Waals surface area contributed by atoms with Gasteiger partial charge < -0.3 is 19.6 Å². The quantitative estimate of drug-likeness (QED) is 0.683. The molecule has 0 bridgehead atoms. The molecule has 9 nitrogen and oxygen atoms in total. The zero-order valence-corrected chi connectivity index (χ0v) is 12.0. The third kappa shape index (κ3) is 3.57. The van der Waals surface area contributed by atoms with Crippen molar-refractivity contribution in [1.29, 1.82) is 0 Å². The van der Waals surface area contributed by atoms with Crippen LogP contribution in [0.15, 0.2) is 36.5 Å². The average Bonchev–Trinajstić information content (AvgIpc) is 2.97. The number of hydrogen-bond donors (Lipinski definition) is 1. The number of rotatable bonds is 4. The van der Waals surface area contributed by atoms with Crippen molar-refractivity contribution >= 4 is 17.6 Å². The number of hydrogen-bond acceptors (Lipinski definition) is 6. The minimum absolute atomic E-state index is 0.0410. The molecule has 1 aliphatic rings. The van der Waals surface area contributed by atoms with Crippen LogP contribution in [0, 0.1) is 10.1 Å². The van der Waals surface area contributed by atoms with Crippen molar-refractivity contribution in [2.24, 2.45) is 0 Å². The van der Waals surface area contributed by atoms with E-state index in [-0.39, 0.29) is 24.5 Å². The molecule has 0 saturated carbocycles. The number of nitro groups is 1. The number of ether oxygens (including phenoxy) is 2. The van der Waals surface area contributed by atoms with Crippen molar-refractivity contribution in [2.75, 3.05) is 11.9 Å². The molecule has 0 fully saturated rings. The van der Waals surface area contributed by atoms with E-state index in [4.69, 9.17) is 9.47 Å². The Hall–Kier alpha value is -3.10. The minimum Gasteiger partial charge on any atom is -0.445 e. The van der Waals surface area contributed by atoms with Gasteiger partial charge in [0.15, 0.2) is 0 Å². The van der Waals surface area contributed by atoms with E-state index in [2.05, 4.69) is 10.3 Å². The second kappa shape index (κ2) is 6.34. The number of carbonyl (C=O) groups excluding carboxylic acids is 1. The first-order valence-electron chi connectivity index (χ1n) is 6.99. The van der Waals surface area contributed by atoms with Crippen molar-refractivity contribution in [3.05, 3.63) is 46.6 Å². The summed E-state index contributed by atoms with van der Waals surface area (Å²) in [6.07, 6.45) is 0.930. The van der Waals surface area contributed by atoms with Gasteiger partial charge in [0.1, 0.15) is 18.9 Å². The van der Waals surface area contributed by atoms with Gasteiger partial charge in [-0.15, -0.1) is 0 Å². The van der Waals surface area contributed by atoms with Crippen LogP contribution in [0.25, 0.3) is 0 Å². The van der Waals surface area contributed by atoms with E-state index >= 15 is 0 Å². The highest BCUT2D eigenvalue weighted by atomic mass is 16.6. The maximum atomic E-state index is 11.7. The summed E-state index contributed by atoms with van der Waals surface area (Å²) in [6, 6.07) is 9.09. The Morgan fingerprint density at radius 1 is 1.48 bits per heavy atom. The lowest BCUT2D eigenvalue weighted by Gasteiger charge is -2.21. The molecule has 1 aromatic carbocycles. The van der Waals surface area contributed by atoms with E-state index in [9.17, 15) is 14.9 Å². The lowest BCUT2D eigenvalue weighted by atomic mass is 10.2. The Labute approximate surface area is 131 Å². The predicted molar refractivity (Wildman–Crippen MR) is 79.3 cm³/mol. The molecule has 0 spiro atoms. The molecule has 9 heteroatoms. The van der Waals surface area contributed by atoms with Crippen molar-refractivity contribution in [3.63, 3.8) is 0 Å². The summed E-state index contributed by atoms with van der Waals surface area (Å²) in [7, 11) is 0. The second-order valence-corrected chi connectivity index (χ2v) is 4.95. The first-order chi connectivity index (χ1) is 11.1. The lowest BCUT2D eigenvalue weighted by molar-refractivity contribution is -0.389. The molecule has 1 aliphatic heterocycles. The van der Waals surface area contributed by atoms with Crippen LogP contribution in [0.4, 0.5) is 16.3 Å². The summed E-state index contributed by atoms with van der Waals surface area (Å²) in [5.41, 5.74) is 0.633. The molecule has 0 saturated heterocycles. The van der Waals surface area contributed by atoms with Crippen molar-refractivity contribution in [3.8, 4) is 6.01 Å². The molecule has 3 rings (SSSR count). The summed E-state index contributed by atoms with van der Waals surface area (Å²) in [5, 5.41) is 13.3. The maximum absolute atomic E-state index is 11.7. The summed E-state index contributed by atoms with van der Waals surface area (Å²) >= 11 is 0. The zero-order chi connectivity index (χ0) is 16.2. The van der Waals surface area contributed by atoms with Crippen LogP contribution in [0.2, 0.25) is 0 Å². The number of nitrogens with one attached hydrogen (secondary N) is 1. The fraction of sp³-hybridized carbons (Fsp3) is 0.286. The summed E-state index contributed by atoms with van der Waals surface area (Å²) in [6.45, 7) is 0.559. The third-order valence-corrected chi connectivity index (χ3v) is 3.30. The van der Waals surface area contributed by atoms with Crippen molar-refractivity contribution < 1.29 is 19.2 Å². The number of benzene rings is 1. The SMILES string of the molecule is O=C(Nc1ccccc1)OC[C@H]1CCn2cc([N+](=O)[O-])nc2O1. The normalized spacial score (nSPS) is 16.1. The van der Waals surface area contributed by atoms with E-state index in [0.29, 0.717) is 18.7 Å². The van der Waals surface area contributed by atoms with Gasteiger partial charge in [-0.05, 0) is 17.1 Å². The Bertz CT molecular complexity index is 715. The Kier molecular flexibility index (Phi) is 4.09. The number of anilines is 1. The van der Waals surface area contributed by atoms with Crippen LogP contribution < -0.4 is 10.1 Å². The van der Waals surface area contributed by atoms with Gasteiger partial charge in [0, 0.05) is 23.6 Å².